The van der Waals surface area contributed by atoms with Crippen molar-refractivity contribution in [2.24, 2.45) is 0 Å². The third-order valence-electron chi connectivity index (χ3n) is 8.05. The van der Waals surface area contributed by atoms with Crippen molar-refractivity contribution in [3.8, 4) is 22.6 Å². The summed E-state index contributed by atoms with van der Waals surface area (Å²) in [5.74, 6) is 6.25. The molecule has 11 heteroatoms. The number of ether oxygens (including phenoxy) is 3. The highest BCUT2D eigenvalue weighted by Gasteiger charge is 2.39. The summed E-state index contributed by atoms with van der Waals surface area (Å²) in [6, 6.07) is 3.36. The van der Waals surface area contributed by atoms with Crippen molar-refractivity contribution in [3.63, 3.8) is 0 Å². The van der Waals surface area contributed by atoms with Crippen molar-refractivity contribution in [2.45, 2.75) is 44.5 Å². The van der Waals surface area contributed by atoms with Crippen LogP contribution >= 0.6 is 11.6 Å². The lowest BCUT2D eigenvalue weighted by Crippen LogP contribution is -2.30. The zero-order chi connectivity index (χ0) is 26.6. The topological polar surface area (TPSA) is 146 Å². The van der Waals surface area contributed by atoms with E-state index >= 15 is 0 Å². The summed E-state index contributed by atoms with van der Waals surface area (Å²) in [4.78, 5) is 26.9. The average Bonchev–Trinajstić information content (AvgIpc) is 2.91. The molecule has 4 N–H and O–H groups in total. The number of aliphatic hydroxyl groups excluding tert-OH is 1. The molecule has 196 valence electrons. The summed E-state index contributed by atoms with van der Waals surface area (Å²) < 4.78 is 24.5. The highest BCUT2D eigenvalue weighted by atomic mass is 35.5. The van der Waals surface area contributed by atoms with Gasteiger partial charge in [-0.1, -0.05) is 11.6 Å². The first-order chi connectivity index (χ1) is 18.2. The lowest BCUT2D eigenvalue weighted by Gasteiger charge is -2.34. The van der Waals surface area contributed by atoms with Crippen molar-refractivity contribution in [1.29, 1.82) is 0 Å². The van der Waals surface area contributed by atoms with Crippen LogP contribution in [0.4, 0.5) is 0 Å². The van der Waals surface area contributed by atoms with E-state index in [2.05, 4.69) is 0 Å². The summed E-state index contributed by atoms with van der Waals surface area (Å²) in [6.45, 7) is 1.55. The molecule has 0 bridgehead atoms. The smallest absolute Gasteiger partial charge is 0.280 e. The molecular formula is C27H23ClN2O8. The van der Waals surface area contributed by atoms with Crippen LogP contribution < -0.4 is 21.6 Å². The molecule has 0 amide bonds. The minimum absolute atomic E-state index is 0.0253. The fourth-order valence-electron chi connectivity index (χ4n) is 6.15. The van der Waals surface area contributed by atoms with Crippen LogP contribution in [0.25, 0.3) is 32.9 Å². The largest absolute Gasteiger partial charge is 0.506 e. The first-order valence-electron chi connectivity index (χ1n) is 12.2. The molecule has 7 rings (SSSR count). The Balaban J connectivity index is 1.62. The number of aromatic hydroxyl groups is 1. The number of hydrogen-bond donors (Lipinski definition) is 3. The number of fused-ring (bicyclic) bond motifs is 6. The van der Waals surface area contributed by atoms with Gasteiger partial charge in [-0.3, -0.25) is 9.59 Å². The fourth-order valence-corrected chi connectivity index (χ4v) is 6.39. The molecule has 0 radical (unpaired) electrons. The van der Waals surface area contributed by atoms with Gasteiger partial charge in [-0.15, -0.1) is 0 Å². The van der Waals surface area contributed by atoms with Crippen molar-refractivity contribution >= 4 is 33.3 Å². The van der Waals surface area contributed by atoms with Gasteiger partial charge in [0.25, 0.3) is 5.56 Å². The van der Waals surface area contributed by atoms with Gasteiger partial charge in [-0.2, -0.15) is 0 Å². The first kappa shape index (κ1) is 23.5. The Kier molecular flexibility index (Phi) is 4.94. The van der Waals surface area contributed by atoms with E-state index in [1.807, 2.05) is 0 Å². The summed E-state index contributed by atoms with van der Waals surface area (Å²) in [6.07, 6.45) is -0.716. The van der Waals surface area contributed by atoms with Gasteiger partial charge in [0.1, 0.15) is 17.6 Å². The van der Waals surface area contributed by atoms with E-state index in [-0.39, 0.29) is 45.2 Å². The predicted molar refractivity (Wildman–Crippen MR) is 138 cm³/mol. The Morgan fingerprint density at radius 3 is 2.74 bits per heavy atom. The molecule has 4 aromatic rings. The van der Waals surface area contributed by atoms with E-state index in [0.29, 0.717) is 58.3 Å². The molecular weight excluding hydrogens is 516 g/mol. The third-order valence-corrected chi connectivity index (χ3v) is 8.53. The monoisotopic (exact) mass is 538 g/mol. The lowest BCUT2D eigenvalue weighted by molar-refractivity contribution is -0.0591. The SMILES string of the molecule is CO[C@H]1CC[C@H](O)c2c1oc1c3c4c(cc1c2=O)-c1c(cc2c(Cl)c(C)n(N)c(=O)c2c1O)C[C@@H]4OCO3. The van der Waals surface area contributed by atoms with Crippen LogP contribution in [0.3, 0.4) is 0 Å². The first-order valence-corrected chi connectivity index (χ1v) is 12.6. The summed E-state index contributed by atoms with van der Waals surface area (Å²) in [5.41, 5.74) is 1.87. The second-order valence-corrected chi connectivity index (χ2v) is 10.3. The number of nitrogens with zero attached hydrogens (tertiary/aromatic N) is 1. The number of methoxy groups -OCH3 is 1. The molecule has 3 heterocycles. The van der Waals surface area contributed by atoms with E-state index < -0.39 is 29.3 Å². The number of phenolic OH excluding ortho intramolecular Hbond substituents is 1. The normalized spacial score (nSPS) is 21.6. The molecule has 0 saturated carbocycles. The van der Waals surface area contributed by atoms with Crippen LogP contribution in [-0.2, 0) is 15.9 Å². The molecule has 0 saturated heterocycles. The zero-order valence-corrected chi connectivity index (χ0v) is 21.2. The number of nitrogen functional groups attached to an aromatic ring is 1. The molecule has 10 nitrogen and oxygen atoms in total. The van der Waals surface area contributed by atoms with Crippen molar-refractivity contribution in [1.82, 2.24) is 4.68 Å². The van der Waals surface area contributed by atoms with Gasteiger partial charge >= 0.3 is 0 Å². The van der Waals surface area contributed by atoms with Gasteiger partial charge < -0.3 is 34.7 Å². The maximum absolute atomic E-state index is 13.8. The third kappa shape index (κ3) is 2.88. The molecule has 2 aliphatic carbocycles. The van der Waals surface area contributed by atoms with Crippen LogP contribution in [0.15, 0.2) is 26.1 Å². The molecule has 3 atom stereocenters. The maximum atomic E-state index is 13.8. The van der Waals surface area contributed by atoms with Crippen molar-refractivity contribution < 1.29 is 28.8 Å². The Bertz CT molecular complexity index is 1840. The van der Waals surface area contributed by atoms with E-state index in [9.17, 15) is 19.8 Å². The summed E-state index contributed by atoms with van der Waals surface area (Å²) in [7, 11) is 1.53. The van der Waals surface area contributed by atoms with E-state index in [1.54, 1.807) is 19.1 Å². The number of benzene rings is 2. The number of aromatic nitrogens is 1. The van der Waals surface area contributed by atoms with Crippen LogP contribution in [-0.4, -0.2) is 28.8 Å². The predicted octanol–water partition coefficient (Wildman–Crippen LogP) is 3.63. The van der Waals surface area contributed by atoms with Gasteiger partial charge in [-0.25, -0.2) is 4.68 Å². The molecule has 3 aliphatic rings. The van der Waals surface area contributed by atoms with E-state index in [1.165, 1.54) is 7.11 Å². The second kappa shape index (κ2) is 7.97. The highest BCUT2D eigenvalue weighted by Crippen LogP contribution is 2.54. The van der Waals surface area contributed by atoms with Gasteiger partial charge in [0.05, 0.1) is 39.3 Å². The Morgan fingerprint density at radius 2 is 1.97 bits per heavy atom. The zero-order valence-electron chi connectivity index (χ0n) is 20.5. The number of hydrogen-bond acceptors (Lipinski definition) is 9. The Labute approximate surface area is 219 Å². The van der Waals surface area contributed by atoms with Crippen LogP contribution in [0.5, 0.6) is 11.5 Å². The maximum Gasteiger partial charge on any atom is 0.280 e. The average molecular weight is 539 g/mol. The minimum Gasteiger partial charge on any atom is -0.506 e. The summed E-state index contributed by atoms with van der Waals surface area (Å²) >= 11 is 6.54. The number of halogens is 1. The number of aliphatic hydroxyl groups is 1. The molecule has 0 fully saturated rings. The number of nitrogens with two attached hydrogens (primary N) is 1. The fraction of sp³-hybridized carbons (Fsp3) is 0.333. The van der Waals surface area contributed by atoms with Crippen LogP contribution in [0.2, 0.25) is 5.02 Å². The van der Waals surface area contributed by atoms with Crippen molar-refractivity contribution in [2.75, 3.05) is 19.7 Å². The quantitative estimate of drug-likeness (QED) is 0.309. The number of pyridine rings is 1. The molecule has 0 unspecified atom stereocenters. The van der Waals surface area contributed by atoms with Gasteiger partial charge in [0.15, 0.2) is 23.6 Å². The number of rotatable bonds is 1. The van der Waals surface area contributed by atoms with Crippen molar-refractivity contribution in [3.05, 3.63) is 65.9 Å². The van der Waals surface area contributed by atoms with Crippen LogP contribution in [0, 0.1) is 6.92 Å². The molecule has 1 aliphatic heterocycles. The van der Waals surface area contributed by atoms with Gasteiger partial charge in [-0.05, 0) is 43.0 Å². The highest BCUT2D eigenvalue weighted by molar-refractivity contribution is 6.36. The molecule has 2 aromatic heterocycles. The van der Waals surface area contributed by atoms with Gasteiger partial charge in [0.2, 0.25) is 0 Å². The standard InChI is InChI=1S/C27H23ClN2O8/c1-9-21(28)12-5-10-6-16-18-11(17(10)23(33)19(12)27(34)30(9)29)7-13-22(32)20-14(31)3-4-15(35-2)25(20)38-24(13)26(18)37-8-36-16/h5,7,14-16,31,33H,3-4,6,8,29H2,1-2H3/t14-,15-,16-/m0/s1. The molecule has 0 spiro atoms. The van der Waals surface area contributed by atoms with Crippen LogP contribution in [0.1, 0.15) is 59.3 Å². The molecule has 38 heavy (non-hydrogen) atoms. The Morgan fingerprint density at radius 1 is 1.18 bits per heavy atom. The van der Waals surface area contributed by atoms with Gasteiger partial charge in [0, 0.05) is 30.0 Å². The lowest BCUT2D eigenvalue weighted by atomic mass is 9.80. The minimum atomic E-state index is -1.00. The molecule has 2 aromatic carbocycles. The van der Waals surface area contributed by atoms with E-state index in [0.717, 1.165) is 4.68 Å². The van der Waals surface area contributed by atoms with E-state index in [4.69, 9.17) is 36.1 Å². The number of phenols is 1. The summed E-state index contributed by atoms with van der Waals surface area (Å²) in [5, 5.41) is 23.0. The second-order valence-electron chi connectivity index (χ2n) is 9.95. The Hall–Kier alpha value is -3.57.